The fourth-order valence-corrected chi connectivity index (χ4v) is 3.96. The molecule has 0 spiro atoms. The third kappa shape index (κ3) is 5.08. The van der Waals surface area contributed by atoms with Gasteiger partial charge in [-0.25, -0.2) is 4.79 Å². The van der Waals surface area contributed by atoms with E-state index in [0.29, 0.717) is 22.6 Å². The molecule has 0 aliphatic carbocycles. The smallest absolute Gasteiger partial charge is 0.338 e. The second-order valence-electron chi connectivity index (χ2n) is 7.97. The number of aromatic nitrogens is 1. The van der Waals surface area contributed by atoms with Crippen molar-refractivity contribution in [2.75, 3.05) is 13.2 Å². The summed E-state index contributed by atoms with van der Waals surface area (Å²) in [6.45, 7) is 5.11. The Hall–Kier alpha value is -3.38. The van der Waals surface area contributed by atoms with Gasteiger partial charge in [0.25, 0.3) is 0 Å². The SMILES string of the molecule is Cc1cc(C(=O)COC(=O)c2cccc(Oc3ccccc3)c2)c(C)n1CC1CCCO1. The number of para-hydroxylation sites is 1. The standard InChI is InChI=1S/C26H27NO5/c1-18-14-24(19(2)27(18)16-23-12-7-13-30-23)25(28)17-31-26(29)20-8-6-11-22(15-20)32-21-9-4-3-5-10-21/h3-6,8-11,14-15,23H,7,12-13,16-17H2,1-2H3. The molecule has 3 aromatic rings. The van der Waals surface area contributed by atoms with Crippen molar-refractivity contribution in [2.24, 2.45) is 0 Å². The largest absolute Gasteiger partial charge is 0.457 e. The van der Waals surface area contributed by atoms with Crippen molar-refractivity contribution in [2.45, 2.75) is 39.3 Å². The number of rotatable bonds is 8. The van der Waals surface area contributed by atoms with Gasteiger partial charge in [-0.15, -0.1) is 0 Å². The number of hydrogen-bond acceptors (Lipinski definition) is 5. The maximum absolute atomic E-state index is 12.8. The lowest BCUT2D eigenvalue weighted by Gasteiger charge is -2.14. The lowest BCUT2D eigenvalue weighted by molar-refractivity contribution is 0.0474. The van der Waals surface area contributed by atoms with E-state index in [0.717, 1.165) is 37.4 Å². The molecular weight excluding hydrogens is 406 g/mol. The second-order valence-corrected chi connectivity index (χ2v) is 7.97. The van der Waals surface area contributed by atoms with Gasteiger partial charge in [0.1, 0.15) is 11.5 Å². The molecule has 0 radical (unpaired) electrons. The van der Waals surface area contributed by atoms with Gasteiger partial charge >= 0.3 is 5.97 Å². The number of hydrogen-bond donors (Lipinski definition) is 0. The highest BCUT2D eigenvalue weighted by atomic mass is 16.5. The van der Waals surface area contributed by atoms with E-state index in [-0.39, 0.29) is 18.5 Å². The van der Waals surface area contributed by atoms with Crippen LogP contribution in [0, 0.1) is 13.8 Å². The predicted molar refractivity (Wildman–Crippen MR) is 120 cm³/mol. The third-order valence-electron chi connectivity index (χ3n) is 5.67. The van der Waals surface area contributed by atoms with Crippen LogP contribution >= 0.6 is 0 Å². The van der Waals surface area contributed by atoms with E-state index in [1.54, 1.807) is 24.3 Å². The Morgan fingerprint density at radius 3 is 2.56 bits per heavy atom. The molecule has 1 aliphatic heterocycles. The molecule has 2 aromatic carbocycles. The Bertz CT molecular complexity index is 1100. The van der Waals surface area contributed by atoms with Crippen molar-refractivity contribution in [3.05, 3.63) is 83.2 Å². The lowest BCUT2D eigenvalue weighted by Crippen LogP contribution is -2.18. The summed E-state index contributed by atoms with van der Waals surface area (Å²) in [5.41, 5.74) is 2.78. The van der Waals surface area contributed by atoms with Gasteiger partial charge < -0.3 is 18.8 Å². The molecule has 6 nitrogen and oxygen atoms in total. The van der Waals surface area contributed by atoms with Gasteiger partial charge in [0.15, 0.2) is 6.61 Å². The molecule has 0 amide bonds. The van der Waals surface area contributed by atoms with E-state index in [2.05, 4.69) is 4.57 Å². The first-order chi connectivity index (χ1) is 15.5. The topological polar surface area (TPSA) is 66.8 Å². The number of ketones is 1. The molecule has 32 heavy (non-hydrogen) atoms. The highest BCUT2D eigenvalue weighted by molar-refractivity contribution is 6.00. The maximum atomic E-state index is 12.8. The first kappa shape index (κ1) is 21.8. The van der Waals surface area contributed by atoms with Crippen LogP contribution in [0.3, 0.4) is 0 Å². The van der Waals surface area contributed by atoms with Gasteiger partial charge in [-0.1, -0.05) is 24.3 Å². The Morgan fingerprint density at radius 1 is 1.03 bits per heavy atom. The summed E-state index contributed by atoms with van der Waals surface area (Å²) in [6, 6.07) is 17.9. The van der Waals surface area contributed by atoms with Crippen molar-refractivity contribution in [3.8, 4) is 11.5 Å². The maximum Gasteiger partial charge on any atom is 0.338 e. The van der Waals surface area contributed by atoms with E-state index in [9.17, 15) is 9.59 Å². The van der Waals surface area contributed by atoms with Crippen LogP contribution in [0.15, 0.2) is 60.7 Å². The molecule has 1 aliphatic rings. The van der Waals surface area contributed by atoms with E-state index in [1.165, 1.54) is 0 Å². The van der Waals surface area contributed by atoms with Crippen LogP contribution in [-0.2, 0) is 16.0 Å². The second kappa shape index (κ2) is 9.83. The third-order valence-corrected chi connectivity index (χ3v) is 5.67. The van der Waals surface area contributed by atoms with Crippen LogP contribution in [0.1, 0.15) is 44.9 Å². The number of Topliss-reactive ketones (excluding diaryl/α,β-unsaturated/α-hetero) is 1. The molecule has 166 valence electrons. The predicted octanol–water partition coefficient (Wildman–Crippen LogP) is 5.12. The molecule has 2 heterocycles. The van der Waals surface area contributed by atoms with Gasteiger partial charge in [-0.3, -0.25) is 4.79 Å². The molecule has 6 heteroatoms. The van der Waals surface area contributed by atoms with Crippen LogP contribution in [-0.4, -0.2) is 35.6 Å². The zero-order valence-corrected chi connectivity index (χ0v) is 18.4. The van der Waals surface area contributed by atoms with Crippen LogP contribution in [0.5, 0.6) is 11.5 Å². The highest BCUT2D eigenvalue weighted by Crippen LogP contribution is 2.23. The van der Waals surface area contributed by atoms with E-state index >= 15 is 0 Å². The molecule has 1 atom stereocenters. The number of carbonyl (C=O) groups is 2. The summed E-state index contributed by atoms with van der Waals surface area (Å²) in [7, 11) is 0. The molecule has 1 unspecified atom stereocenters. The van der Waals surface area contributed by atoms with Crippen LogP contribution in [0.2, 0.25) is 0 Å². The Balaban J connectivity index is 1.38. The van der Waals surface area contributed by atoms with Gasteiger partial charge in [-0.05, 0) is 63.1 Å². The minimum absolute atomic E-state index is 0.186. The molecule has 4 rings (SSSR count). The number of esters is 1. The fraction of sp³-hybridized carbons (Fsp3) is 0.308. The molecule has 1 aromatic heterocycles. The van der Waals surface area contributed by atoms with E-state index in [1.807, 2.05) is 50.2 Å². The Labute approximate surface area is 187 Å². The lowest BCUT2D eigenvalue weighted by atomic mass is 10.1. The average molecular weight is 434 g/mol. The Morgan fingerprint density at radius 2 is 1.81 bits per heavy atom. The van der Waals surface area contributed by atoms with Crippen LogP contribution in [0.25, 0.3) is 0 Å². The summed E-state index contributed by atoms with van der Waals surface area (Å²) < 4.78 is 18.9. The zero-order valence-electron chi connectivity index (χ0n) is 18.4. The highest BCUT2D eigenvalue weighted by Gasteiger charge is 2.22. The molecule has 0 N–H and O–H groups in total. The molecule has 0 bridgehead atoms. The van der Waals surface area contributed by atoms with E-state index < -0.39 is 5.97 Å². The Kier molecular flexibility index (Phi) is 6.71. The minimum atomic E-state index is -0.565. The first-order valence-corrected chi connectivity index (χ1v) is 10.8. The normalized spacial score (nSPS) is 15.5. The van der Waals surface area contributed by atoms with Gasteiger partial charge in [-0.2, -0.15) is 0 Å². The van der Waals surface area contributed by atoms with Gasteiger partial charge in [0, 0.05) is 30.1 Å². The first-order valence-electron chi connectivity index (χ1n) is 10.8. The number of carbonyl (C=O) groups excluding carboxylic acids is 2. The number of aryl methyl sites for hydroxylation is 1. The fourth-order valence-electron chi connectivity index (χ4n) is 3.96. The van der Waals surface area contributed by atoms with Crippen molar-refractivity contribution < 1.29 is 23.8 Å². The zero-order chi connectivity index (χ0) is 22.5. The summed E-state index contributed by atoms with van der Waals surface area (Å²) >= 11 is 0. The van der Waals surface area contributed by atoms with Crippen molar-refractivity contribution >= 4 is 11.8 Å². The van der Waals surface area contributed by atoms with Crippen molar-refractivity contribution in [1.82, 2.24) is 4.57 Å². The molecule has 0 saturated carbocycles. The summed E-state index contributed by atoms with van der Waals surface area (Å²) in [5, 5.41) is 0. The van der Waals surface area contributed by atoms with Crippen molar-refractivity contribution in [3.63, 3.8) is 0 Å². The summed E-state index contributed by atoms with van der Waals surface area (Å²) in [4.78, 5) is 25.3. The van der Waals surface area contributed by atoms with Crippen LogP contribution < -0.4 is 4.74 Å². The summed E-state index contributed by atoms with van der Waals surface area (Å²) in [6.07, 6.45) is 2.29. The molecule has 1 saturated heterocycles. The number of nitrogens with zero attached hydrogens (tertiary/aromatic N) is 1. The monoisotopic (exact) mass is 433 g/mol. The molecular formula is C26H27NO5. The van der Waals surface area contributed by atoms with Crippen LogP contribution in [0.4, 0.5) is 0 Å². The number of ether oxygens (including phenoxy) is 3. The minimum Gasteiger partial charge on any atom is -0.457 e. The average Bonchev–Trinajstić information content (AvgIpc) is 3.42. The van der Waals surface area contributed by atoms with E-state index in [4.69, 9.17) is 14.2 Å². The number of benzene rings is 2. The van der Waals surface area contributed by atoms with Gasteiger partial charge in [0.05, 0.1) is 11.7 Å². The molecule has 1 fully saturated rings. The van der Waals surface area contributed by atoms with Crippen molar-refractivity contribution in [1.29, 1.82) is 0 Å². The van der Waals surface area contributed by atoms with Gasteiger partial charge in [0.2, 0.25) is 5.78 Å². The quantitative estimate of drug-likeness (QED) is 0.365. The summed E-state index contributed by atoms with van der Waals surface area (Å²) in [5.74, 6) is 0.410.